The Labute approximate surface area is 165 Å². The average molecular weight is 404 g/mol. The van der Waals surface area contributed by atoms with Gasteiger partial charge >= 0.3 is 12.3 Å². The van der Waals surface area contributed by atoms with Gasteiger partial charge in [-0.2, -0.15) is 13.2 Å². The molecule has 1 aromatic carbocycles. The Balaban J connectivity index is 2.63. The number of hydrogen-bond donors (Lipinski definition) is 1. The maximum atomic E-state index is 12.4. The lowest BCUT2D eigenvalue weighted by atomic mass is 9.79. The van der Waals surface area contributed by atoms with Crippen LogP contribution in [0, 0.1) is 11.8 Å². The Morgan fingerprint density at radius 3 is 2.04 bits per heavy atom. The van der Waals surface area contributed by atoms with Crippen LogP contribution in [0.4, 0.5) is 18.0 Å². The lowest BCUT2D eigenvalue weighted by molar-refractivity contribution is -0.206. The van der Waals surface area contributed by atoms with Crippen LogP contribution in [-0.2, 0) is 4.74 Å². The van der Waals surface area contributed by atoms with Crippen molar-refractivity contribution in [1.82, 2.24) is 0 Å². The van der Waals surface area contributed by atoms with Crippen LogP contribution in [0.5, 0.6) is 5.75 Å². The number of aliphatic hydroxyl groups is 1. The highest BCUT2D eigenvalue weighted by atomic mass is 19.4. The highest BCUT2D eigenvalue weighted by molar-refractivity contribution is 5.64. The molecule has 0 radical (unpaired) electrons. The van der Waals surface area contributed by atoms with Crippen LogP contribution in [-0.4, -0.2) is 29.1 Å². The first-order valence-electron chi connectivity index (χ1n) is 9.46. The van der Waals surface area contributed by atoms with E-state index < -0.39 is 24.0 Å². The smallest absolute Gasteiger partial charge is 0.428 e. The average Bonchev–Trinajstić information content (AvgIpc) is 2.56. The van der Waals surface area contributed by atoms with Gasteiger partial charge in [-0.05, 0) is 69.1 Å². The van der Waals surface area contributed by atoms with Gasteiger partial charge in [0.15, 0.2) is 0 Å². The second kappa shape index (κ2) is 9.63. The molecule has 1 N–H and O–H groups in total. The fourth-order valence-electron chi connectivity index (χ4n) is 2.85. The predicted molar refractivity (Wildman–Crippen MR) is 101 cm³/mol. The summed E-state index contributed by atoms with van der Waals surface area (Å²) < 4.78 is 47.6. The van der Waals surface area contributed by atoms with Gasteiger partial charge in [0, 0.05) is 0 Å². The van der Waals surface area contributed by atoms with Gasteiger partial charge in [-0.25, -0.2) is 4.79 Å². The van der Waals surface area contributed by atoms with Gasteiger partial charge in [-0.15, -0.1) is 0 Å². The Morgan fingerprint density at radius 1 is 1.04 bits per heavy atom. The molecule has 160 valence electrons. The molecule has 0 spiro atoms. The molecule has 1 aromatic rings. The van der Waals surface area contributed by atoms with Crippen LogP contribution in [0.3, 0.4) is 0 Å². The SMILES string of the molecule is CC(CCC(O)C(F)(F)F)C(C)C(C)c1ccc(OC(=O)OC(C)(C)C)cc1. The number of aliphatic hydroxyl groups excluding tert-OH is 1. The van der Waals surface area contributed by atoms with Gasteiger partial charge in [0.1, 0.15) is 17.5 Å². The van der Waals surface area contributed by atoms with Gasteiger partial charge in [0.2, 0.25) is 0 Å². The van der Waals surface area contributed by atoms with Crippen molar-refractivity contribution in [3.05, 3.63) is 29.8 Å². The lowest BCUT2D eigenvalue weighted by Gasteiger charge is -2.27. The molecular weight excluding hydrogens is 373 g/mol. The zero-order valence-electron chi connectivity index (χ0n) is 17.3. The molecule has 28 heavy (non-hydrogen) atoms. The largest absolute Gasteiger partial charge is 0.514 e. The third kappa shape index (κ3) is 8.09. The van der Waals surface area contributed by atoms with E-state index in [0.717, 1.165) is 5.56 Å². The summed E-state index contributed by atoms with van der Waals surface area (Å²) >= 11 is 0. The third-order valence-electron chi connectivity index (χ3n) is 4.96. The molecule has 4 nitrogen and oxygen atoms in total. The minimum Gasteiger partial charge on any atom is -0.428 e. The van der Waals surface area contributed by atoms with Crippen molar-refractivity contribution in [1.29, 1.82) is 0 Å². The number of alkyl halides is 3. The molecule has 0 aliphatic carbocycles. The highest BCUT2D eigenvalue weighted by Gasteiger charge is 2.38. The summed E-state index contributed by atoms with van der Waals surface area (Å²) in [7, 11) is 0. The molecule has 0 aliphatic rings. The monoisotopic (exact) mass is 404 g/mol. The molecule has 1 rings (SSSR count). The zero-order valence-corrected chi connectivity index (χ0v) is 17.3. The predicted octanol–water partition coefficient (Wildman–Crippen LogP) is 6.08. The standard InChI is InChI=1S/C21H31F3O4/c1-13(7-12-18(25)21(22,23)24)14(2)15(3)16-8-10-17(11-9-16)27-19(26)28-20(4,5)6/h8-11,13-15,18,25H,7,12H2,1-6H3. The highest BCUT2D eigenvalue weighted by Crippen LogP contribution is 2.34. The number of carbonyl (C=O) groups excluding carboxylic acids is 1. The van der Waals surface area contributed by atoms with Crippen molar-refractivity contribution in [3.63, 3.8) is 0 Å². The first-order valence-corrected chi connectivity index (χ1v) is 9.46. The van der Waals surface area contributed by atoms with Crippen LogP contribution in [0.15, 0.2) is 24.3 Å². The maximum Gasteiger partial charge on any atom is 0.514 e. The van der Waals surface area contributed by atoms with Crippen LogP contribution in [0.25, 0.3) is 0 Å². The summed E-state index contributed by atoms with van der Waals surface area (Å²) in [4.78, 5) is 11.7. The van der Waals surface area contributed by atoms with Gasteiger partial charge < -0.3 is 14.6 Å². The van der Waals surface area contributed by atoms with E-state index in [2.05, 4.69) is 0 Å². The van der Waals surface area contributed by atoms with Crippen LogP contribution in [0.2, 0.25) is 0 Å². The van der Waals surface area contributed by atoms with E-state index in [1.807, 2.05) is 32.9 Å². The molecule has 0 saturated heterocycles. The van der Waals surface area contributed by atoms with E-state index in [4.69, 9.17) is 14.6 Å². The second-order valence-electron chi connectivity index (χ2n) is 8.40. The molecule has 0 bridgehead atoms. The van der Waals surface area contributed by atoms with E-state index in [-0.39, 0.29) is 30.6 Å². The molecule has 4 atom stereocenters. The summed E-state index contributed by atoms with van der Waals surface area (Å²) in [5.41, 5.74) is 0.351. The number of carbonyl (C=O) groups is 1. The zero-order chi connectivity index (χ0) is 21.7. The molecule has 0 aromatic heterocycles. The molecule has 0 amide bonds. The molecular formula is C21H31F3O4. The van der Waals surface area contributed by atoms with Crippen LogP contribution in [0.1, 0.15) is 65.9 Å². The van der Waals surface area contributed by atoms with Crippen molar-refractivity contribution in [3.8, 4) is 5.75 Å². The van der Waals surface area contributed by atoms with Crippen molar-refractivity contribution in [2.24, 2.45) is 11.8 Å². The minimum atomic E-state index is -4.57. The summed E-state index contributed by atoms with van der Waals surface area (Å²) in [6.45, 7) is 11.1. The van der Waals surface area contributed by atoms with Gasteiger partial charge in [-0.3, -0.25) is 0 Å². The number of halogens is 3. The summed E-state index contributed by atoms with van der Waals surface area (Å²) in [5, 5.41) is 9.17. The Kier molecular flexibility index (Phi) is 8.35. The minimum absolute atomic E-state index is 0.00434. The molecule has 0 heterocycles. The summed E-state index contributed by atoms with van der Waals surface area (Å²) in [6, 6.07) is 7.00. The maximum absolute atomic E-state index is 12.4. The second-order valence-corrected chi connectivity index (χ2v) is 8.40. The topological polar surface area (TPSA) is 55.8 Å². The Hall–Kier alpha value is -1.76. The molecule has 4 unspecified atom stereocenters. The van der Waals surface area contributed by atoms with Crippen molar-refractivity contribution in [2.45, 2.75) is 78.2 Å². The van der Waals surface area contributed by atoms with E-state index in [1.54, 1.807) is 32.9 Å². The number of ether oxygens (including phenoxy) is 2. The van der Waals surface area contributed by atoms with E-state index in [9.17, 15) is 18.0 Å². The number of benzene rings is 1. The number of rotatable bonds is 7. The molecule has 0 fully saturated rings. The van der Waals surface area contributed by atoms with Crippen LogP contribution < -0.4 is 4.74 Å². The number of hydrogen-bond acceptors (Lipinski definition) is 4. The fraction of sp³-hybridized carbons (Fsp3) is 0.667. The van der Waals surface area contributed by atoms with Crippen molar-refractivity contribution >= 4 is 6.16 Å². The molecule has 7 heteroatoms. The van der Waals surface area contributed by atoms with E-state index in [1.165, 1.54) is 0 Å². The Morgan fingerprint density at radius 2 is 1.57 bits per heavy atom. The molecule has 0 saturated carbocycles. The molecule has 0 aliphatic heterocycles. The normalized spacial score (nSPS) is 16.8. The summed E-state index contributed by atoms with van der Waals surface area (Å²) in [6.07, 6.45) is -7.64. The fourth-order valence-corrected chi connectivity index (χ4v) is 2.85. The first-order chi connectivity index (χ1) is 12.7. The lowest BCUT2D eigenvalue weighted by Crippen LogP contribution is -2.29. The summed E-state index contributed by atoms with van der Waals surface area (Å²) in [5.74, 6) is 0.565. The van der Waals surface area contributed by atoms with Gasteiger partial charge in [0.05, 0.1) is 0 Å². The Bertz CT molecular complexity index is 620. The van der Waals surface area contributed by atoms with Gasteiger partial charge in [0.25, 0.3) is 0 Å². The van der Waals surface area contributed by atoms with E-state index >= 15 is 0 Å². The first kappa shape index (κ1) is 24.3. The van der Waals surface area contributed by atoms with Gasteiger partial charge in [-0.1, -0.05) is 32.9 Å². The van der Waals surface area contributed by atoms with Crippen molar-refractivity contribution in [2.75, 3.05) is 0 Å². The van der Waals surface area contributed by atoms with Crippen molar-refractivity contribution < 1.29 is 32.5 Å². The third-order valence-corrected chi connectivity index (χ3v) is 4.96. The van der Waals surface area contributed by atoms with Crippen LogP contribution >= 0.6 is 0 Å². The quantitative estimate of drug-likeness (QED) is 0.442. The van der Waals surface area contributed by atoms with E-state index in [0.29, 0.717) is 5.75 Å².